The van der Waals surface area contributed by atoms with Gasteiger partial charge in [-0.3, -0.25) is 9.20 Å². The number of nitrogens with one attached hydrogen (secondary N) is 2. The van der Waals surface area contributed by atoms with Gasteiger partial charge in [0.2, 0.25) is 0 Å². The first-order valence-electron chi connectivity index (χ1n) is 8.02. The summed E-state index contributed by atoms with van der Waals surface area (Å²) in [4.78, 5) is 4.23. The zero-order chi connectivity index (χ0) is 16.5. The predicted octanol–water partition coefficient (Wildman–Crippen LogP) is 3.53. The summed E-state index contributed by atoms with van der Waals surface area (Å²) in [5.41, 5.74) is 0. The van der Waals surface area contributed by atoms with Crippen LogP contribution in [-0.2, 0) is 10.8 Å². The van der Waals surface area contributed by atoms with Gasteiger partial charge < -0.3 is 10.6 Å². The lowest BCUT2D eigenvalue weighted by Gasteiger charge is -2.20. The molecule has 0 radical (unpaired) electrons. The van der Waals surface area contributed by atoms with Crippen LogP contribution >= 0.6 is 24.0 Å². The van der Waals surface area contributed by atoms with E-state index in [1.807, 2.05) is 20.8 Å². The minimum absolute atomic E-state index is 0. The molecule has 2 atom stereocenters. The normalized spacial score (nSPS) is 15.2. The summed E-state index contributed by atoms with van der Waals surface area (Å²) < 4.78 is 11.8. The van der Waals surface area contributed by atoms with Crippen LogP contribution in [0.25, 0.3) is 0 Å². The molecule has 0 amide bonds. The van der Waals surface area contributed by atoms with Crippen molar-refractivity contribution in [2.75, 3.05) is 19.3 Å². The average molecular weight is 445 g/mol. The Labute approximate surface area is 157 Å². The molecule has 0 spiro atoms. The standard InChI is InChI=1S/C16H35N3OS.HI/c1-13(2)9-8-10-14(3)19-15(17-7)18-11-12-21(20)16(4,5)6;/h13-14H,8-12H2,1-7H3,(H2,17,18,19);1H. The molecule has 2 unspecified atom stereocenters. The van der Waals surface area contributed by atoms with Gasteiger partial charge in [-0.25, -0.2) is 0 Å². The third-order valence-corrected chi connectivity index (χ3v) is 5.23. The lowest BCUT2D eigenvalue weighted by Crippen LogP contribution is -2.44. The SMILES string of the molecule is CN=C(NCCS(=O)C(C)(C)C)NC(C)CCCC(C)C.I. The maximum absolute atomic E-state index is 12.0. The first-order valence-corrected chi connectivity index (χ1v) is 9.34. The van der Waals surface area contributed by atoms with E-state index in [1.54, 1.807) is 7.05 Å². The van der Waals surface area contributed by atoms with Crippen LogP contribution < -0.4 is 10.6 Å². The van der Waals surface area contributed by atoms with Crippen molar-refractivity contribution in [2.45, 2.75) is 71.6 Å². The summed E-state index contributed by atoms with van der Waals surface area (Å²) in [7, 11) is 0.951. The Bertz CT molecular complexity index is 341. The fourth-order valence-electron chi connectivity index (χ4n) is 1.90. The number of aliphatic imine (C=N–C) groups is 1. The van der Waals surface area contributed by atoms with Gasteiger partial charge in [-0.1, -0.05) is 26.7 Å². The highest BCUT2D eigenvalue weighted by molar-refractivity contribution is 14.0. The van der Waals surface area contributed by atoms with E-state index in [2.05, 4.69) is 36.4 Å². The molecular weight excluding hydrogens is 409 g/mol. The van der Waals surface area contributed by atoms with Crippen molar-refractivity contribution in [1.29, 1.82) is 0 Å². The Balaban J connectivity index is 0. The van der Waals surface area contributed by atoms with Crippen molar-refractivity contribution >= 4 is 40.7 Å². The van der Waals surface area contributed by atoms with Crippen LogP contribution in [-0.4, -0.2) is 40.3 Å². The molecule has 0 rings (SSSR count). The highest BCUT2D eigenvalue weighted by Gasteiger charge is 2.18. The zero-order valence-electron chi connectivity index (χ0n) is 15.4. The van der Waals surface area contributed by atoms with Crippen LogP contribution in [0.4, 0.5) is 0 Å². The molecule has 134 valence electrons. The van der Waals surface area contributed by atoms with E-state index in [0.717, 1.165) is 18.3 Å². The molecule has 0 heterocycles. The molecule has 0 aliphatic heterocycles. The fourth-order valence-corrected chi connectivity index (χ4v) is 2.80. The largest absolute Gasteiger partial charge is 0.355 e. The molecule has 0 fully saturated rings. The molecule has 0 aliphatic carbocycles. The van der Waals surface area contributed by atoms with E-state index in [4.69, 9.17) is 0 Å². The highest BCUT2D eigenvalue weighted by Crippen LogP contribution is 2.10. The van der Waals surface area contributed by atoms with Gasteiger partial charge in [0.1, 0.15) is 0 Å². The number of rotatable bonds is 8. The molecule has 2 N–H and O–H groups in total. The van der Waals surface area contributed by atoms with Crippen molar-refractivity contribution < 1.29 is 4.21 Å². The van der Waals surface area contributed by atoms with Crippen molar-refractivity contribution in [1.82, 2.24) is 10.6 Å². The zero-order valence-corrected chi connectivity index (χ0v) is 18.5. The van der Waals surface area contributed by atoms with Gasteiger partial charge in [0.05, 0.1) is 0 Å². The van der Waals surface area contributed by atoms with Crippen LogP contribution in [0.2, 0.25) is 0 Å². The third-order valence-electron chi connectivity index (χ3n) is 3.29. The molecule has 0 bridgehead atoms. The maximum atomic E-state index is 12.0. The van der Waals surface area contributed by atoms with E-state index in [9.17, 15) is 4.21 Å². The minimum atomic E-state index is -0.824. The molecule has 0 saturated carbocycles. The van der Waals surface area contributed by atoms with Gasteiger partial charge in [-0.2, -0.15) is 0 Å². The van der Waals surface area contributed by atoms with Crippen molar-refractivity contribution in [3.05, 3.63) is 0 Å². The first kappa shape index (κ1) is 24.4. The van der Waals surface area contributed by atoms with Gasteiger partial charge in [0, 0.05) is 40.9 Å². The molecule has 22 heavy (non-hydrogen) atoms. The maximum Gasteiger partial charge on any atom is 0.191 e. The average Bonchev–Trinajstić information content (AvgIpc) is 2.35. The number of hydrogen-bond donors (Lipinski definition) is 2. The topological polar surface area (TPSA) is 53.5 Å². The summed E-state index contributed by atoms with van der Waals surface area (Å²) in [6, 6.07) is 0.406. The Morgan fingerprint density at radius 3 is 2.23 bits per heavy atom. The predicted molar refractivity (Wildman–Crippen MR) is 111 cm³/mol. The minimum Gasteiger partial charge on any atom is -0.355 e. The molecule has 0 aromatic heterocycles. The van der Waals surface area contributed by atoms with E-state index in [-0.39, 0.29) is 28.7 Å². The van der Waals surface area contributed by atoms with Crippen molar-refractivity contribution in [2.24, 2.45) is 10.9 Å². The summed E-state index contributed by atoms with van der Waals surface area (Å²) in [6.45, 7) is 13.4. The second-order valence-corrected chi connectivity index (χ2v) is 9.36. The second kappa shape index (κ2) is 12.6. The fraction of sp³-hybridized carbons (Fsp3) is 0.938. The molecule has 0 aromatic carbocycles. The van der Waals surface area contributed by atoms with Crippen molar-refractivity contribution in [3.63, 3.8) is 0 Å². The van der Waals surface area contributed by atoms with Crippen LogP contribution in [0.3, 0.4) is 0 Å². The molecule has 6 heteroatoms. The summed E-state index contributed by atoms with van der Waals surface area (Å²) in [5.74, 6) is 2.21. The number of halogens is 1. The smallest absolute Gasteiger partial charge is 0.191 e. The molecular formula is C16H36IN3OS. The third kappa shape index (κ3) is 12.7. The van der Waals surface area contributed by atoms with Gasteiger partial charge in [0.15, 0.2) is 5.96 Å². The molecule has 0 aliphatic rings. The van der Waals surface area contributed by atoms with Crippen molar-refractivity contribution in [3.8, 4) is 0 Å². The Kier molecular flexibility index (Phi) is 13.9. The second-order valence-electron chi connectivity index (χ2n) is 7.03. The lowest BCUT2D eigenvalue weighted by molar-refractivity contribution is 0.492. The Hall–Kier alpha value is 0.150. The van der Waals surface area contributed by atoms with Crippen LogP contribution in [0.5, 0.6) is 0 Å². The van der Waals surface area contributed by atoms with Crippen LogP contribution in [0.1, 0.15) is 60.8 Å². The first-order chi connectivity index (χ1) is 9.66. The van der Waals surface area contributed by atoms with E-state index < -0.39 is 10.8 Å². The molecule has 0 saturated heterocycles. The van der Waals surface area contributed by atoms with E-state index >= 15 is 0 Å². The molecule has 4 nitrogen and oxygen atoms in total. The Morgan fingerprint density at radius 1 is 1.18 bits per heavy atom. The summed E-state index contributed by atoms with van der Waals surface area (Å²) in [5, 5.41) is 6.64. The molecule has 0 aromatic rings. The van der Waals surface area contributed by atoms with E-state index in [1.165, 1.54) is 12.8 Å². The van der Waals surface area contributed by atoms with Crippen LogP contribution in [0, 0.1) is 5.92 Å². The Morgan fingerprint density at radius 2 is 1.77 bits per heavy atom. The van der Waals surface area contributed by atoms with Gasteiger partial charge in [0.25, 0.3) is 0 Å². The quantitative estimate of drug-likeness (QED) is 0.342. The number of nitrogens with zero attached hydrogens (tertiary/aromatic N) is 1. The lowest BCUT2D eigenvalue weighted by atomic mass is 10.0. The number of hydrogen-bond acceptors (Lipinski definition) is 2. The van der Waals surface area contributed by atoms with Gasteiger partial charge in [-0.15, -0.1) is 24.0 Å². The highest BCUT2D eigenvalue weighted by atomic mass is 127. The number of guanidine groups is 1. The monoisotopic (exact) mass is 445 g/mol. The van der Waals surface area contributed by atoms with Gasteiger partial charge in [-0.05, 0) is 40.0 Å². The van der Waals surface area contributed by atoms with E-state index in [0.29, 0.717) is 18.3 Å². The summed E-state index contributed by atoms with van der Waals surface area (Å²) in [6.07, 6.45) is 3.65. The summed E-state index contributed by atoms with van der Waals surface area (Å²) >= 11 is 0. The van der Waals surface area contributed by atoms with Gasteiger partial charge >= 0.3 is 0 Å². The van der Waals surface area contributed by atoms with Crippen LogP contribution in [0.15, 0.2) is 4.99 Å².